The van der Waals surface area contributed by atoms with Crippen molar-refractivity contribution in [2.45, 2.75) is 31.8 Å². The molecule has 4 heteroatoms. The van der Waals surface area contributed by atoms with Crippen LogP contribution in [0.2, 0.25) is 0 Å². The van der Waals surface area contributed by atoms with Gasteiger partial charge in [-0.25, -0.2) is 0 Å². The summed E-state index contributed by atoms with van der Waals surface area (Å²) in [7, 11) is 1.62. The van der Waals surface area contributed by atoms with Crippen molar-refractivity contribution in [1.82, 2.24) is 0 Å². The van der Waals surface area contributed by atoms with Gasteiger partial charge in [-0.1, -0.05) is 74.0 Å². The third-order valence-corrected chi connectivity index (χ3v) is 7.74. The molecule has 0 saturated heterocycles. The SMILES string of the molecule is COc1ccc([C@@]23C=C(c4ccccc4)C(=O)[C@@H]2[C@@H]2C=C(C(C)C)[C@H]3C(=O)[C@]2(C)O)cc1. The van der Waals surface area contributed by atoms with Gasteiger partial charge in [-0.05, 0) is 36.1 Å². The number of hydrogen-bond acceptors (Lipinski definition) is 4. The number of allylic oxidation sites excluding steroid dienone is 3. The minimum absolute atomic E-state index is 0.00570. The minimum Gasteiger partial charge on any atom is -0.497 e. The maximum Gasteiger partial charge on any atom is 0.173 e. The van der Waals surface area contributed by atoms with E-state index in [1.165, 1.54) is 0 Å². The number of fused-ring (bicyclic) bond motifs is 1. The zero-order valence-corrected chi connectivity index (χ0v) is 18.8. The molecule has 2 aromatic rings. The molecule has 32 heavy (non-hydrogen) atoms. The van der Waals surface area contributed by atoms with E-state index in [0.29, 0.717) is 5.57 Å². The molecule has 4 aliphatic carbocycles. The minimum atomic E-state index is -1.57. The van der Waals surface area contributed by atoms with Gasteiger partial charge in [-0.15, -0.1) is 0 Å². The molecule has 0 spiro atoms. The van der Waals surface area contributed by atoms with Gasteiger partial charge in [0.1, 0.15) is 11.4 Å². The summed E-state index contributed by atoms with van der Waals surface area (Å²) in [6.45, 7) is 5.72. The van der Waals surface area contributed by atoms with Gasteiger partial charge < -0.3 is 9.84 Å². The molecular weight excluding hydrogens is 400 g/mol. The van der Waals surface area contributed by atoms with Gasteiger partial charge in [0.15, 0.2) is 11.6 Å². The molecule has 1 saturated carbocycles. The lowest BCUT2D eigenvalue weighted by atomic mass is 9.44. The summed E-state index contributed by atoms with van der Waals surface area (Å²) in [6.07, 6.45) is 4.04. The second-order valence-electron chi connectivity index (χ2n) is 9.72. The van der Waals surface area contributed by atoms with Crippen LogP contribution in [-0.4, -0.2) is 29.4 Å². The molecule has 0 radical (unpaired) electrons. The number of rotatable bonds is 4. The normalized spacial score (nSPS) is 33.2. The highest BCUT2D eigenvalue weighted by atomic mass is 16.5. The number of benzene rings is 2. The summed E-state index contributed by atoms with van der Waals surface area (Å²) in [5.41, 5.74) is 0.999. The maximum absolute atomic E-state index is 14.0. The molecule has 164 valence electrons. The summed E-state index contributed by atoms with van der Waals surface area (Å²) in [6, 6.07) is 17.3. The van der Waals surface area contributed by atoms with E-state index in [0.717, 1.165) is 22.4 Å². The van der Waals surface area contributed by atoms with Crippen molar-refractivity contribution in [3.63, 3.8) is 0 Å². The summed E-state index contributed by atoms with van der Waals surface area (Å²) in [4.78, 5) is 27.7. The van der Waals surface area contributed by atoms with Crippen molar-refractivity contribution in [3.8, 4) is 5.75 Å². The average molecular weight is 429 g/mol. The molecule has 0 amide bonds. The number of ketones is 2. The van der Waals surface area contributed by atoms with Gasteiger partial charge in [-0.2, -0.15) is 0 Å². The summed E-state index contributed by atoms with van der Waals surface area (Å²) < 4.78 is 5.35. The quantitative estimate of drug-likeness (QED) is 0.734. The van der Waals surface area contributed by atoms with E-state index in [4.69, 9.17) is 4.74 Å². The van der Waals surface area contributed by atoms with Crippen LogP contribution in [0, 0.1) is 23.7 Å². The van der Waals surface area contributed by atoms with E-state index in [9.17, 15) is 14.7 Å². The summed E-state index contributed by atoms with van der Waals surface area (Å²) in [5.74, 6) is -1.06. The first-order valence-corrected chi connectivity index (χ1v) is 11.2. The Morgan fingerprint density at radius 3 is 2.25 bits per heavy atom. The predicted octanol–water partition coefficient (Wildman–Crippen LogP) is 4.38. The van der Waals surface area contributed by atoms with Crippen LogP contribution in [0.25, 0.3) is 5.57 Å². The van der Waals surface area contributed by atoms with E-state index in [-0.39, 0.29) is 17.5 Å². The standard InChI is InChI=1S/C28H28O4/c1-16(2)20-14-22-24-25(29)21(17-8-6-5-7-9-17)15-28(24,23(20)26(30)27(22,3)31)18-10-12-19(32-4)13-11-18/h5-16,22-24,31H,1-4H3/t22-,23-,24-,27+,28+/m0/s1. The fourth-order valence-corrected chi connectivity index (χ4v) is 6.17. The molecule has 2 bridgehead atoms. The number of methoxy groups -OCH3 is 1. The first kappa shape index (κ1) is 20.9. The smallest absolute Gasteiger partial charge is 0.173 e. The molecule has 1 fully saturated rings. The molecule has 5 atom stereocenters. The summed E-state index contributed by atoms with van der Waals surface area (Å²) >= 11 is 0. The van der Waals surface area contributed by atoms with Crippen LogP contribution < -0.4 is 4.74 Å². The van der Waals surface area contributed by atoms with E-state index in [1.807, 2.05) is 66.7 Å². The highest BCUT2D eigenvalue weighted by molar-refractivity contribution is 6.26. The Morgan fingerprint density at radius 2 is 1.66 bits per heavy atom. The molecule has 2 aromatic carbocycles. The van der Waals surface area contributed by atoms with Gasteiger partial charge in [0.2, 0.25) is 0 Å². The molecule has 0 aliphatic heterocycles. The molecule has 0 heterocycles. The number of ether oxygens (including phenoxy) is 1. The van der Waals surface area contributed by atoms with Crippen LogP contribution in [0.5, 0.6) is 5.75 Å². The molecule has 0 unspecified atom stereocenters. The number of carbonyl (C=O) groups is 2. The van der Waals surface area contributed by atoms with E-state index >= 15 is 0 Å². The molecule has 6 rings (SSSR count). The Labute approximate surface area is 188 Å². The van der Waals surface area contributed by atoms with Crippen molar-refractivity contribution in [2.75, 3.05) is 7.11 Å². The predicted molar refractivity (Wildman–Crippen MR) is 123 cm³/mol. The second kappa shape index (κ2) is 7.01. The fraction of sp³-hybridized carbons (Fsp3) is 0.357. The fourth-order valence-electron chi connectivity index (χ4n) is 6.17. The molecule has 0 aromatic heterocycles. The van der Waals surface area contributed by atoms with Crippen LogP contribution in [0.15, 0.2) is 72.3 Å². The maximum atomic E-state index is 14.0. The summed E-state index contributed by atoms with van der Waals surface area (Å²) in [5, 5.41) is 11.3. The lowest BCUT2D eigenvalue weighted by Crippen LogP contribution is -2.66. The second-order valence-corrected chi connectivity index (χ2v) is 9.72. The highest BCUT2D eigenvalue weighted by Gasteiger charge is 2.70. The number of aliphatic hydroxyl groups is 1. The Morgan fingerprint density at radius 1 is 1.00 bits per heavy atom. The van der Waals surface area contributed by atoms with Crippen molar-refractivity contribution < 1.29 is 19.4 Å². The van der Waals surface area contributed by atoms with Crippen LogP contribution in [-0.2, 0) is 15.0 Å². The number of Topliss-reactive ketones (excluding diaryl/α,β-unsaturated/α-hetero) is 2. The Hall–Kier alpha value is -2.98. The van der Waals surface area contributed by atoms with Gasteiger partial charge in [0, 0.05) is 22.8 Å². The lowest BCUT2D eigenvalue weighted by molar-refractivity contribution is -0.161. The van der Waals surface area contributed by atoms with Crippen molar-refractivity contribution in [1.29, 1.82) is 0 Å². The molecular formula is C28H28O4. The van der Waals surface area contributed by atoms with Crippen LogP contribution in [0.3, 0.4) is 0 Å². The van der Waals surface area contributed by atoms with Crippen LogP contribution in [0.4, 0.5) is 0 Å². The Kier molecular flexibility index (Phi) is 4.58. The highest BCUT2D eigenvalue weighted by Crippen LogP contribution is 2.64. The first-order valence-electron chi connectivity index (χ1n) is 11.2. The number of carbonyl (C=O) groups excluding carboxylic acids is 2. The van der Waals surface area contributed by atoms with E-state index in [1.54, 1.807) is 14.0 Å². The molecule has 4 aliphatic rings. The van der Waals surface area contributed by atoms with Crippen LogP contribution in [0.1, 0.15) is 31.9 Å². The van der Waals surface area contributed by atoms with Crippen LogP contribution >= 0.6 is 0 Å². The average Bonchev–Trinajstić information content (AvgIpc) is 3.11. The van der Waals surface area contributed by atoms with Crippen molar-refractivity contribution in [3.05, 3.63) is 83.4 Å². The Bertz CT molecular complexity index is 1150. The first-order chi connectivity index (χ1) is 15.2. The van der Waals surface area contributed by atoms with Crippen molar-refractivity contribution in [2.24, 2.45) is 23.7 Å². The molecule has 1 N–H and O–H groups in total. The van der Waals surface area contributed by atoms with Crippen molar-refractivity contribution >= 4 is 17.1 Å². The largest absolute Gasteiger partial charge is 0.497 e. The topological polar surface area (TPSA) is 63.6 Å². The van der Waals surface area contributed by atoms with Gasteiger partial charge in [0.25, 0.3) is 0 Å². The third kappa shape index (κ3) is 2.59. The zero-order chi connectivity index (χ0) is 22.8. The van der Waals surface area contributed by atoms with Gasteiger partial charge in [0.05, 0.1) is 13.0 Å². The van der Waals surface area contributed by atoms with E-state index < -0.39 is 28.8 Å². The van der Waals surface area contributed by atoms with Gasteiger partial charge >= 0.3 is 0 Å². The Balaban J connectivity index is 1.82. The third-order valence-electron chi connectivity index (χ3n) is 7.74. The number of hydrogen-bond donors (Lipinski definition) is 1. The lowest BCUT2D eigenvalue weighted by Gasteiger charge is -2.57. The van der Waals surface area contributed by atoms with Gasteiger partial charge in [-0.3, -0.25) is 9.59 Å². The van der Waals surface area contributed by atoms with E-state index in [2.05, 4.69) is 13.8 Å². The molecule has 4 nitrogen and oxygen atoms in total. The monoisotopic (exact) mass is 428 g/mol. The zero-order valence-electron chi connectivity index (χ0n) is 18.8.